The standard InChI is InChI=1S/C13H22N2OS/c1-2-14-10-12-4-7-16-13(12)11-15-5-3-8-17-9-6-15/h4,7,14H,2-3,5-6,8-11H2,1H3. The number of rotatable bonds is 5. The maximum absolute atomic E-state index is 5.62. The molecule has 17 heavy (non-hydrogen) atoms. The first kappa shape index (κ1) is 13.0. The summed E-state index contributed by atoms with van der Waals surface area (Å²) in [5, 5.41) is 3.36. The number of nitrogens with zero attached hydrogens (tertiary/aromatic N) is 1. The first-order valence-corrected chi connectivity index (χ1v) is 7.61. The van der Waals surface area contributed by atoms with Crippen LogP contribution in [0.2, 0.25) is 0 Å². The molecular weight excluding hydrogens is 232 g/mol. The first-order valence-electron chi connectivity index (χ1n) is 6.46. The molecule has 0 aromatic carbocycles. The van der Waals surface area contributed by atoms with E-state index in [0.717, 1.165) is 25.4 Å². The molecule has 2 heterocycles. The van der Waals surface area contributed by atoms with Crippen LogP contribution in [0.25, 0.3) is 0 Å². The quantitative estimate of drug-likeness (QED) is 0.873. The van der Waals surface area contributed by atoms with Crippen LogP contribution in [0.1, 0.15) is 24.7 Å². The van der Waals surface area contributed by atoms with E-state index in [1.165, 1.54) is 36.6 Å². The van der Waals surface area contributed by atoms with Crippen molar-refractivity contribution in [3.63, 3.8) is 0 Å². The van der Waals surface area contributed by atoms with Crippen molar-refractivity contribution in [3.8, 4) is 0 Å². The van der Waals surface area contributed by atoms with Crippen molar-refractivity contribution in [1.82, 2.24) is 10.2 Å². The summed E-state index contributed by atoms with van der Waals surface area (Å²) in [5.74, 6) is 3.69. The third-order valence-corrected chi connectivity index (χ3v) is 4.13. The minimum atomic E-state index is 0.922. The summed E-state index contributed by atoms with van der Waals surface area (Å²) >= 11 is 2.07. The van der Waals surface area contributed by atoms with Gasteiger partial charge in [0.15, 0.2) is 0 Å². The van der Waals surface area contributed by atoms with Gasteiger partial charge < -0.3 is 9.73 Å². The van der Waals surface area contributed by atoms with Crippen LogP contribution < -0.4 is 5.32 Å². The van der Waals surface area contributed by atoms with Crippen molar-refractivity contribution in [2.75, 3.05) is 31.1 Å². The van der Waals surface area contributed by atoms with Crippen LogP contribution in [-0.2, 0) is 13.1 Å². The van der Waals surface area contributed by atoms with E-state index in [-0.39, 0.29) is 0 Å². The average molecular weight is 254 g/mol. The predicted molar refractivity (Wildman–Crippen MR) is 73.3 cm³/mol. The zero-order chi connectivity index (χ0) is 11.9. The van der Waals surface area contributed by atoms with E-state index >= 15 is 0 Å². The Morgan fingerprint density at radius 1 is 1.41 bits per heavy atom. The molecule has 0 unspecified atom stereocenters. The zero-order valence-electron chi connectivity index (χ0n) is 10.6. The second-order valence-electron chi connectivity index (χ2n) is 4.39. The summed E-state index contributed by atoms with van der Waals surface area (Å²) < 4.78 is 5.62. The van der Waals surface area contributed by atoms with Gasteiger partial charge in [-0.3, -0.25) is 4.90 Å². The zero-order valence-corrected chi connectivity index (χ0v) is 11.4. The van der Waals surface area contributed by atoms with Gasteiger partial charge in [0.2, 0.25) is 0 Å². The average Bonchev–Trinajstić information content (AvgIpc) is 2.61. The Labute approximate surface area is 108 Å². The van der Waals surface area contributed by atoms with Crippen LogP contribution in [0.4, 0.5) is 0 Å². The van der Waals surface area contributed by atoms with Gasteiger partial charge in [-0.1, -0.05) is 6.92 Å². The molecule has 1 N–H and O–H groups in total. The van der Waals surface area contributed by atoms with Gasteiger partial charge in [0.25, 0.3) is 0 Å². The fourth-order valence-corrected chi connectivity index (χ4v) is 3.01. The minimum Gasteiger partial charge on any atom is -0.468 e. The molecule has 2 rings (SSSR count). The molecule has 1 saturated heterocycles. The monoisotopic (exact) mass is 254 g/mol. The van der Waals surface area contributed by atoms with E-state index in [2.05, 4.69) is 35.0 Å². The molecule has 0 bridgehead atoms. The highest BCUT2D eigenvalue weighted by Crippen LogP contribution is 2.16. The molecule has 4 heteroatoms. The van der Waals surface area contributed by atoms with E-state index < -0.39 is 0 Å². The van der Waals surface area contributed by atoms with Crippen molar-refractivity contribution >= 4 is 11.8 Å². The molecule has 1 aromatic rings. The van der Waals surface area contributed by atoms with Gasteiger partial charge in [0, 0.05) is 24.4 Å². The van der Waals surface area contributed by atoms with E-state index in [0.29, 0.717) is 0 Å². The molecule has 0 aliphatic carbocycles. The van der Waals surface area contributed by atoms with Gasteiger partial charge >= 0.3 is 0 Å². The van der Waals surface area contributed by atoms with Gasteiger partial charge in [-0.05, 0) is 31.3 Å². The lowest BCUT2D eigenvalue weighted by atomic mass is 10.2. The third-order valence-electron chi connectivity index (χ3n) is 3.09. The summed E-state index contributed by atoms with van der Waals surface area (Å²) in [6.45, 7) is 7.41. The van der Waals surface area contributed by atoms with E-state index in [9.17, 15) is 0 Å². The van der Waals surface area contributed by atoms with Crippen LogP contribution >= 0.6 is 11.8 Å². The summed E-state index contributed by atoms with van der Waals surface area (Å²) in [4.78, 5) is 2.51. The maximum Gasteiger partial charge on any atom is 0.122 e. The Hall–Kier alpha value is -0.450. The van der Waals surface area contributed by atoms with E-state index in [1.54, 1.807) is 0 Å². The number of hydrogen-bond acceptors (Lipinski definition) is 4. The number of nitrogens with one attached hydrogen (secondary N) is 1. The smallest absolute Gasteiger partial charge is 0.122 e. The molecule has 96 valence electrons. The Morgan fingerprint density at radius 2 is 2.35 bits per heavy atom. The van der Waals surface area contributed by atoms with Crippen LogP contribution in [-0.4, -0.2) is 36.0 Å². The summed E-state index contributed by atoms with van der Waals surface area (Å²) in [6.07, 6.45) is 3.11. The lowest BCUT2D eigenvalue weighted by Crippen LogP contribution is -2.26. The maximum atomic E-state index is 5.62. The molecule has 3 nitrogen and oxygen atoms in total. The summed E-state index contributed by atoms with van der Waals surface area (Å²) in [5.41, 5.74) is 1.31. The first-order chi connectivity index (χ1) is 8.40. The van der Waals surface area contributed by atoms with Gasteiger partial charge in [0.05, 0.1) is 12.8 Å². The molecule has 1 aliphatic heterocycles. The van der Waals surface area contributed by atoms with Gasteiger partial charge in [-0.15, -0.1) is 0 Å². The second-order valence-corrected chi connectivity index (χ2v) is 5.62. The highest BCUT2D eigenvalue weighted by atomic mass is 32.2. The fraction of sp³-hybridized carbons (Fsp3) is 0.692. The van der Waals surface area contributed by atoms with Crippen molar-refractivity contribution in [3.05, 3.63) is 23.7 Å². The normalized spacial score (nSPS) is 18.2. The van der Waals surface area contributed by atoms with Crippen molar-refractivity contribution in [2.45, 2.75) is 26.4 Å². The number of hydrogen-bond donors (Lipinski definition) is 1. The van der Waals surface area contributed by atoms with Gasteiger partial charge in [-0.25, -0.2) is 0 Å². The Bertz CT molecular complexity index is 319. The predicted octanol–water partition coefficient (Wildman–Crippen LogP) is 2.33. The molecule has 0 radical (unpaired) electrons. The molecule has 1 aliphatic rings. The van der Waals surface area contributed by atoms with Crippen molar-refractivity contribution in [2.24, 2.45) is 0 Å². The van der Waals surface area contributed by atoms with Crippen LogP contribution in [0.15, 0.2) is 16.7 Å². The molecule has 0 saturated carbocycles. The van der Waals surface area contributed by atoms with Crippen molar-refractivity contribution in [1.29, 1.82) is 0 Å². The highest BCUT2D eigenvalue weighted by Gasteiger charge is 2.13. The van der Waals surface area contributed by atoms with E-state index in [1.807, 2.05) is 6.26 Å². The van der Waals surface area contributed by atoms with Crippen molar-refractivity contribution < 1.29 is 4.42 Å². The molecule has 0 atom stereocenters. The molecular formula is C13H22N2OS. The largest absolute Gasteiger partial charge is 0.468 e. The van der Waals surface area contributed by atoms with Gasteiger partial charge in [0.1, 0.15) is 5.76 Å². The Morgan fingerprint density at radius 3 is 3.24 bits per heavy atom. The number of thioether (sulfide) groups is 1. The lowest BCUT2D eigenvalue weighted by Gasteiger charge is -2.18. The second kappa shape index (κ2) is 7.09. The lowest BCUT2D eigenvalue weighted by molar-refractivity contribution is 0.260. The Kier molecular flexibility index (Phi) is 5.42. The fourth-order valence-electron chi connectivity index (χ4n) is 2.08. The molecule has 0 spiro atoms. The highest BCUT2D eigenvalue weighted by molar-refractivity contribution is 7.99. The van der Waals surface area contributed by atoms with Crippen LogP contribution in [0, 0.1) is 0 Å². The summed E-state index contributed by atoms with van der Waals surface area (Å²) in [7, 11) is 0. The molecule has 1 aromatic heterocycles. The summed E-state index contributed by atoms with van der Waals surface area (Å²) in [6, 6.07) is 2.09. The topological polar surface area (TPSA) is 28.4 Å². The number of furan rings is 1. The molecule has 0 amide bonds. The SMILES string of the molecule is CCNCc1ccoc1CN1CCCSCC1. The van der Waals surface area contributed by atoms with E-state index in [4.69, 9.17) is 4.42 Å². The minimum absolute atomic E-state index is 0.922. The van der Waals surface area contributed by atoms with Crippen LogP contribution in [0.3, 0.4) is 0 Å². The molecule has 1 fully saturated rings. The van der Waals surface area contributed by atoms with Crippen LogP contribution in [0.5, 0.6) is 0 Å². The Balaban J connectivity index is 1.90. The third kappa shape index (κ3) is 4.05. The van der Waals surface area contributed by atoms with Gasteiger partial charge in [-0.2, -0.15) is 11.8 Å².